The van der Waals surface area contributed by atoms with Gasteiger partial charge in [-0.15, -0.1) is 0 Å². The molecule has 2 nitrogen and oxygen atoms in total. The van der Waals surface area contributed by atoms with Crippen molar-refractivity contribution in [3.05, 3.63) is 29.3 Å². The van der Waals surface area contributed by atoms with E-state index < -0.39 is 0 Å². The highest BCUT2D eigenvalue weighted by Crippen LogP contribution is 2.34. The molecule has 0 spiro atoms. The first-order chi connectivity index (χ1) is 8.22. The first-order valence-electron chi connectivity index (χ1n) is 6.50. The minimum Gasteiger partial charge on any atom is -0.381 e. The standard InChI is InChI=1S/C14H19ClN2/c1-10-8-13(9-17(10)14-6-7-14)16-12-4-2-11(15)3-5-12/h2-5,10,13-14,16H,6-9H2,1H3. The molecular weight excluding hydrogens is 232 g/mol. The Bertz CT molecular complexity index is 386. The molecule has 17 heavy (non-hydrogen) atoms. The Labute approximate surface area is 108 Å². The lowest BCUT2D eigenvalue weighted by atomic mass is 10.2. The maximum Gasteiger partial charge on any atom is 0.0407 e. The van der Waals surface area contributed by atoms with Crippen LogP contribution in [0.3, 0.4) is 0 Å². The van der Waals surface area contributed by atoms with Gasteiger partial charge in [0.05, 0.1) is 0 Å². The molecule has 2 fully saturated rings. The fraction of sp³-hybridized carbons (Fsp3) is 0.571. The lowest BCUT2D eigenvalue weighted by Gasteiger charge is -2.19. The largest absolute Gasteiger partial charge is 0.381 e. The zero-order valence-corrected chi connectivity index (χ0v) is 11.0. The third-order valence-electron chi connectivity index (χ3n) is 3.85. The van der Waals surface area contributed by atoms with Crippen molar-refractivity contribution in [1.82, 2.24) is 4.90 Å². The molecule has 3 rings (SSSR count). The molecule has 1 aromatic rings. The minimum atomic E-state index is 0.590. The molecule has 0 aromatic heterocycles. The van der Waals surface area contributed by atoms with E-state index in [0.717, 1.165) is 17.1 Å². The van der Waals surface area contributed by atoms with Gasteiger partial charge in [0.1, 0.15) is 0 Å². The lowest BCUT2D eigenvalue weighted by molar-refractivity contribution is 0.257. The molecule has 1 aliphatic heterocycles. The third kappa shape index (κ3) is 2.58. The first-order valence-corrected chi connectivity index (χ1v) is 6.88. The average Bonchev–Trinajstić information content (AvgIpc) is 3.08. The van der Waals surface area contributed by atoms with E-state index in [9.17, 15) is 0 Å². The van der Waals surface area contributed by atoms with Gasteiger partial charge in [-0.1, -0.05) is 11.6 Å². The normalized spacial score (nSPS) is 29.5. The Kier molecular flexibility index (Phi) is 3.01. The molecule has 1 saturated carbocycles. The molecule has 0 amide bonds. The van der Waals surface area contributed by atoms with Crippen molar-refractivity contribution < 1.29 is 0 Å². The predicted molar refractivity (Wildman–Crippen MR) is 72.7 cm³/mol. The van der Waals surface area contributed by atoms with E-state index in [4.69, 9.17) is 11.6 Å². The molecule has 2 aliphatic rings. The van der Waals surface area contributed by atoms with Crippen molar-refractivity contribution in [2.45, 2.75) is 44.3 Å². The van der Waals surface area contributed by atoms with Crippen LogP contribution in [0.2, 0.25) is 5.02 Å². The predicted octanol–water partition coefficient (Wildman–Crippen LogP) is 3.38. The van der Waals surface area contributed by atoms with Crippen molar-refractivity contribution >= 4 is 17.3 Å². The number of hydrogen-bond acceptors (Lipinski definition) is 2. The van der Waals surface area contributed by atoms with Gasteiger partial charge >= 0.3 is 0 Å². The van der Waals surface area contributed by atoms with Crippen molar-refractivity contribution in [2.75, 3.05) is 11.9 Å². The number of nitrogens with zero attached hydrogens (tertiary/aromatic N) is 1. The topological polar surface area (TPSA) is 15.3 Å². The molecule has 2 atom stereocenters. The zero-order valence-electron chi connectivity index (χ0n) is 10.2. The Morgan fingerprint density at radius 2 is 1.94 bits per heavy atom. The monoisotopic (exact) mass is 250 g/mol. The second-order valence-corrected chi connectivity index (χ2v) is 5.80. The molecule has 1 N–H and O–H groups in total. The third-order valence-corrected chi connectivity index (χ3v) is 4.11. The van der Waals surface area contributed by atoms with Crippen LogP contribution in [0.15, 0.2) is 24.3 Å². The van der Waals surface area contributed by atoms with Gasteiger partial charge in [0.2, 0.25) is 0 Å². The van der Waals surface area contributed by atoms with Crippen LogP contribution >= 0.6 is 11.6 Å². The Morgan fingerprint density at radius 3 is 2.59 bits per heavy atom. The summed E-state index contributed by atoms with van der Waals surface area (Å²) in [6.45, 7) is 3.54. The SMILES string of the molecule is CC1CC(Nc2ccc(Cl)cc2)CN1C1CC1. The summed E-state index contributed by atoms with van der Waals surface area (Å²) in [6, 6.07) is 10.2. The number of likely N-dealkylation sites (tertiary alicyclic amines) is 1. The van der Waals surface area contributed by atoms with Crippen molar-refractivity contribution in [3.63, 3.8) is 0 Å². The first kappa shape index (κ1) is 11.4. The highest BCUT2D eigenvalue weighted by Gasteiger charge is 2.38. The van der Waals surface area contributed by atoms with E-state index in [1.165, 1.54) is 31.5 Å². The van der Waals surface area contributed by atoms with E-state index >= 15 is 0 Å². The Balaban J connectivity index is 1.61. The fourth-order valence-electron chi connectivity index (χ4n) is 2.86. The van der Waals surface area contributed by atoms with Crippen LogP contribution in [-0.4, -0.2) is 29.6 Å². The van der Waals surface area contributed by atoms with E-state index in [2.05, 4.69) is 29.3 Å². The summed E-state index contributed by atoms with van der Waals surface area (Å²) in [4.78, 5) is 2.66. The van der Waals surface area contributed by atoms with Crippen molar-refractivity contribution in [3.8, 4) is 0 Å². The molecule has 1 aliphatic carbocycles. The van der Waals surface area contributed by atoms with E-state index in [-0.39, 0.29) is 0 Å². The van der Waals surface area contributed by atoms with Gasteiger partial charge in [-0.05, 0) is 50.5 Å². The van der Waals surface area contributed by atoms with Crippen LogP contribution in [-0.2, 0) is 0 Å². The summed E-state index contributed by atoms with van der Waals surface area (Å²) in [7, 11) is 0. The summed E-state index contributed by atoms with van der Waals surface area (Å²) in [5.41, 5.74) is 1.18. The lowest BCUT2D eigenvalue weighted by Crippen LogP contribution is -2.30. The molecule has 2 unspecified atom stereocenters. The Hall–Kier alpha value is -0.730. The maximum absolute atomic E-state index is 5.89. The summed E-state index contributed by atoms with van der Waals surface area (Å²) >= 11 is 5.89. The van der Waals surface area contributed by atoms with Gasteiger partial charge in [-0.25, -0.2) is 0 Å². The summed E-state index contributed by atoms with van der Waals surface area (Å²) < 4.78 is 0. The number of hydrogen-bond donors (Lipinski definition) is 1. The molecule has 92 valence electrons. The molecule has 1 saturated heterocycles. The summed E-state index contributed by atoms with van der Waals surface area (Å²) in [5.74, 6) is 0. The summed E-state index contributed by atoms with van der Waals surface area (Å²) in [5, 5.41) is 4.41. The average molecular weight is 251 g/mol. The second kappa shape index (κ2) is 4.51. The molecule has 1 aromatic carbocycles. The van der Waals surface area contributed by atoms with Crippen LogP contribution in [0.5, 0.6) is 0 Å². The maximum atomic E-state index is 5.89. The fourth-order valence-corrected chi connectivity index (χ4v) is 2.98. The molecule has 1 heterocycles. The van der Waals surface area contributed by atoms with Crippen LogP contribution in [0.1, 0.15) is 26.2 Å². The van der Waals surface area contributed by atoms with Gasteiger partial charge < -0.3 is 5.32 Å². The molecule has 0 bridgehead atoms. The second-order valence-electron chi connectivity index (χ2n) is 5.36. The van der Waals surface area contributed by atoms with Crippen LogP contribution < -0.4 is 5.32 Å². The minimum absolute atomic E-state index is 0.590. The van der Waals surface area contributed by atoms with Gasteiger partial charge in [-0.3, -0.25) is 4.90 Å². The smallest absolute Gasteiger partial charge is 0.0407 e. The van der Waals surface area contributed by atoms with Gasteiger partial charge in [0.15, 0.2) is 0 Å². The highest BCUT2D eigenvalue weighted by atomic mass is 35.5. The number of benzene rings is 1. The van der Waals surface area contributed by atoms with Gasteiger partial charge in [0, 0.05) is 35.4 Å². The molecular formula is C14H19ClN2. The van der Waals surface area contributed by atoms with Gasteiger partial charge in [-0.2, -0.15) is 0 Å². The van der Waals surface area contributed by atoms with Crippen LogP contribution in [0.4, 0.5) is 5.69 Å². The number of rotatable bonds is 3. The quantitative estimate of drug-likeness (QED) is 0.885. The van der Waals surface area contributed by atoms with Crippen molar-refractivity contribution in [1.29, 1.82) is 0 Å². The number of nitrogens with one attached hydrogen (secondary N) is 1. The summed E-state index contributed by atoms with van der Waals surface area (Å²) in [6.07, 6.45) is 4.05. The molecule has 3 heteroatoms. The van der Waals surface area contributed by atoms with E-state index in [1.807, 2.05) is 12.1 Å². The Morgan fingerprint density at radius 1 is 1.24 bits per heavy atom. The van der Waals surface area contributed by atoms with E-state index in [1.54, 1.807) is 0 Å². The van der Waals surface area contributed by atoms with Crippen LogP contribution in [0.25, 0.3) is 0 Å². The van der Waals surface area contributed by atoms with Crippen LogP contribution in [0, 0.1) is 0 Å². The zero-order chi connectivity index (χ0) is 11.8. The van der Waals surface area contributed by atoms with Gasteiger partial charge in [0.25, 0.3) is 0 Å². The van der Waals surface area contributed by atoms with E-state index in [0.29, 0.717) is 6.04 Å². The van der Waals surface area contributed by atoms with Crippen molar-refractivity contribution in [2.24, 2.45) is 0 Å². The number of halogens is 1. The molecule has 0 radical (unpaired) electrons. The number of anilines is 1. The highest BCUT2D eigenvalue weighted by molar-refractivity contribution is 6.30.